The van der Waals surface area contributed by atoms with Crippen LogP contribution in [0.1, 0.15) is 42.4 Å². The molecule has 2 rings (SSSR count). The quantitative estimate of drug-likeness (QED) is 0.611. The summed E-state index contributed by atoms with van der Waals surface area (Å²) in [6, 6.07) is 0. The van der Waals surface area contributed by atoms with E-state index in [0.717, 1.165) is 5.56 Å². The van der Waals surface area contributed by atoms with Crippen molar-refractivity contribution < 1.29 is 28.7 Å². The Bertz CT molecular complexity index is 677. The summed E-state index contributed by atoms with van der Waals surface area (Å²) < 4.78 is 9.95. The van der Waals surface area contributed by atoms with Crippen LogP contribution in [0.3, 0.4) is 0 Å². The summed E-state index contributed by atoms with van der Waals surface area (Å²) in [5, 5.41) is 4.40. The lowest BCUT2D eigenvalue weighted by atomic mass is 9.78. The number of anilines is 1. The number of amides is 1. The summed E-state index contributed by atoms with van der Waals surface area (Å²) in [7, 11) is 0. The number of carbonyl (C=O) groups excluding carboxylic acids is 4. The number of ketones is 1. The van der Waals surface area contributed by atoms with E-state index >= 15 is 0 Å². The van der Waals surface area contributed by atoms with Gasteiger partial charge in [-0.2, -0.15) is 0 Å². The summed E-state index contributed by atoms with van der Waals surface area (Å²) in [6.45, 7) is 4.91. The molecule has 0 saturated heterocycles. The molecule has 1 heterocycles. The van der Waals surface area contributed by atoms with Gasteiger partial charge in [0.1, 0.15) is 0 Å². The zero-order chi connectivity index (χ0) is 18.6. The van der Waals surface area contributed by atoms with E-state index in [9.17, 15) is 19.2 Å². The third kappa shape index (κ3) is 4.07. The Morgan fingerprint density at radius 2 is 1.84 bits per heavy atom. The molecule has 1 aliphatic rings. The minimum absolute atomic E-state index is 0.118. The van der Waals surface area contributed by atoms with Gasteiger partial charge in [0.05, 0.1) is 23.8 Å². The molecule has 0 bridgehead atoms. The number of hydrogen-bond acceptors (Lipinski definition) is 7. The van der Waals surface area contributed by atoms with Crippen molar-refractivity contribution in [1.29, 1.82) is 0 Å². The van der Waals surface area contributed by atoms with Crippen LogP contribution < -0.4 is 5.32 Å². The second-order valence-electron chi connectivity index (χ2n) is 5.63. The van der Waals surface area contributed by atoms with Gasteiger partial charge in [-0.1, -0.05) is 0 Å². The van der Waals surface area contributed by atoms with E-state index in [0.29, 0.717) is 23.4 Å². The van der Waals surface area contributed by atoms with Crippen LogP contribution in [0.25, 0.3) is 0 Å². The maximum absolute atomic E-state index is 12.9. The van der Waals surface area contributed by atoms with Gasteiger partial charge in [0.25, 0.3) is 0 Å². The number of ether oxygens (including phenoxy) is 2. The maximum atomic E-state index is 12.9. The van der Waals surface area contributed by atoms with Crippen molar-refractivity contribution in [1.82, 2.24) is 0 Å². The Morgan fingerprint density at radius 1 is 1.24 bits per heavy atom. The summed E-state index contributed by atoms with van der Waals surface area (Å²) in [5.74, 6) is -4.04. The fourth-order valence-corrected chi connectivity index (χ4v) is 4.00. The highest BCUT2D eigenvalue weighted by Gasteiger charge is 2.44. The number of Topliss-reactive ketones (excluding diaryl/α,β-unsaturated/α-hetero) is 1. The van der Waals surface area contributed by atoms with Gasteiger partial charge in [0.2, 0.25) is 5.91 Å². The van der Waals surface area contributed by atoms with Crippen LogP contribution in [0.15, 0.2) is 5.38 Å². The molecule has 0 aliphatic heterocycles. The molecule has 7 nitrogen and oxygen atoms in total. The van der Waals surface area contributed by atoms with Gasteiger partial charge < -0.3 is 14.8 Å². The van der Waals surface area contributed by atoms with Crippen molar-refractivity contribution in [3.8, 4) is 0 Å². The standard InChI is InChI=1S/C17H21NO6S/c1-4-23-16(21)13(17(22)24-5-2)11-7-6-10-12(18-9(3)19)8-25-15(10)14(11)20/h8,11,13H,4-7H2,1-3H3,(H,18,19). The monoisotopic (exact) mass is 367 g/mol. The molecule has 136 valence electrons. The van der Waals surface area contributed by atoms with Crippen LogP contribution in [0.2, 0.25) is 0 Å². The molecule has 1 atom stereocenters. The summed E-state index contributed by atoms with van der Waals surface area (Å²) in [4.78, 5) is 49.1. The molecule has 1 unspecified atom stereocenters. The number of fused-ring (bicyclic) bond motifs is 1. The Kier molecular flexibility index (Phi) is 6.30. The Labute approximate surface area is 149 Å². The highest BCUT2D eigenvalue weighted by molar-refractivity contribution is 7.12. The van der Waals surface area contributed by atoms with Crippen LogP contribution in [0.4, 0.5) is 5.69 Å². The fraction of sp³-hybridized carbons (Fsp3) is 0.529. The molecule has 0 spiro atoms. The molecule has 0 radical (unpaired) electrons. The highest BCUT2D eigenvalue weighted by atomic mass is 32.1. The second kappa shape index (κ2) is 8.24. The van der Waals surface area contributed by atoms with Gasteiger partial charge in [-0.3, -0.25) is 19.2 Å². The third-order valence-corrected chi connectivity index (χ3v) is 4.99. The fourth-order valence-electron chi connectivity index (χ4n) is 2.94. The van der Waals surface area contributed by atoms with Gasteiger partial charge >= 0.3 is 11.9 Å². The van der Waals surface area contributed by atoms with Gasteiger partial charge in [0, 0.05) is 18.2 Å². The Balaban J connectivity index is 2.30. The predicted octanol–water partition coefficient (Wildman–Crippen LogP) is 2.19. The molecule has 1 amide bonds. The number of nitrogens with one attached hydrogen (secondary N) is 1. The van der Waals surface area contributed by atoms with Crippen LogP contribution in [0.5, 0.6) is 0 Å². The lowest BCUT2D eigenvalue weighted by molar-refractivity contribution is -0.163. The molecule has 1 aliphatic carbocycles. The minimum Gasteiger partial charge on any atom is -0.465 e. The van der Waals surface area contributed by atoms with Crippen molar-refractivity contribution in [3.05, 3.63) is 15.8 Å². The average molecular weight is 367 g/mol. The van der Waals surface area contributed by atoms with E-state index in [4.69, 9.17) is 9.47 Å². The molecule has 1 aromatic rings. The van der Waals surface area contributed by atoms with E-state index in [1.165, 1.54) is 18.3 Å². The lowest BCUT2D eigenvalue weighted by Gasteiger charge is -2.26. The summed E-state index contributed by atoms with van der Waals surface area (Å²) >= 11 is 1.20. The van der Waals surface area contributed by atoms with E-state index in [2.05, 4.69) is 5.32 Å². The molecular weight excluding hydrogens is 346 g/mol. The molecular formula is C17H21NO6S. The Morgan fingerprint density at radius 3 is 2.36 bits per heavy atom. The normalized spacial score (nSPS) is 16.3. The summed E-state index contributed by atoms with van der Waals surface area (Å²) in [5.41, 5.74) is 1.37. The molecule has 8 heteroatoms. The molecule has 1 N–H and O–H groups in total. The number of rotatable bonds is 6. The number of thiophene rings is 1. The molecule has 0 saturated carbocycles. The van der Waals surface area contributed by atoms with Gasteiger partial charge in [-0.05, 0) is 32.3 Å². The van der Waals surface area contributed by atoms with Gasteiger partial charge in [-0.25, -0.2) is 0 Å². The van der Waals surface area contributed by atoms with Crippen LogP contribution in [-0.4, -0.2) is 36.8 Å². The number of esters is 2. The number of hydrogen-bond donors (Lipinski definition) is 1. The SMILES string of the molecule is CCOC(=O)C(C(=O)OCC)C1CCc2c(NC(C)=O)csc2C1=O. The van der Waals surface area contributed by atoms with Crippen molar-refractivity contribution in [3.63, 3.8) is 0 Å². The third-order valence-electron chi connectivity index (χ3n) is 3.95. The lowest BCUT2D eigenvalue weighted by Crippen LogP contribution is -2.40. The highest BCUT2D eigenvalue weighted by Crippen LogP contribution is 2.39. The van der Waals surface area contributed by atoms with Crippen LogP contribution >= 0.6 is 11.3 Å². The van der Waals surface area contributed by atoms with E-state index in [1.54, 1.807) is 19.2 Å². The second-order valence-corrected chi connectivity index (χ2v) is 6.51. The minimum atomic E-state index is -1.26. The smallest absolute Gasteiger partial charge is 0.321 e. The van der Waals surface area contributed by atoms with Crippen LogP contribution in [-0.2, 0) is 30.3 Å². The molecule has 1 aromatic heterocycles. The first-order chi connectivity index (χ1) is 11.9. The molecule has 0 aromatic carbocycles. The first-order valence-corrected chi connectivity index (χ1v) is 9.04. The van der Waals surface area contributed by atoms with E-state index in [-0.39, 0.29) is 24.9 Å². The van der Waals surface area contributed by atoms with Crippen molar-refractivity contribution >= 4 is 40.7 Å². The largest absolute Gasteiger partial charge is 0.465 e. The van der Waals surface area contributed by atoms with Crippen molar-refractivity contribution in [2.75, 3.05) is 18.5 Å². The van der Waals surface area contributed by atoms with Crippen LogP contribution in [0, 0.1) is 11.8 Å². The van der Waals surface area contributed by atoms with Gasteiger partial charge in [-0.15, -0.1) is 11.3 Å². The van der Waals surface area contributed by atoms with E-state index < -0.39 is 23.8 Å². The maximum Gasteiger partial charge on any atom is 0.321 e. The van der Waals surface area contributed by atoms with Gasteiger partial charge in [0.15, 0.2) is 11.7 Å². The summed E-state index contributed by atoms with van der Waals surface area (Å²) in [6.07, 6.45) is 0.803. The Hall–Kier alpha value is -2.22. The van der Waals surface area contributed by atoms with Crippen molar-refractivity contribution in [2.24, 2.45) is 11.8 Å². The van der Waals surface area contributed by atoms with E-state index in [1.807, 2.05) is 0 Å². The molecule has 25 heavy (non-hydrogen) atoms. The number of carbonyl (C=O) groups is 4. The zero-order valence-corrected chi connectivity index (χ0v) is 15.2. The average Bonchev–Trinajstić information content (AvgIpc) is 2.93. The topological polar surface area (TPSA) is 98.8 Å². The zero-order valence-electron chi connectivity index (χ0n) is 14.4. The first kappa shape index (κ1) is 19.1. The predicted molar refractivity (Wildman–Crippen MR) is 91.5 cm³/mol. The van der Waals surface area contributed by atoms with Crippen molar-refractivity contribution in [2.45, 2.75) is 33.6 Å². The molecule has 0 fully saturated rings. The first-order valence-electron chi connectivity index (χ1n) is 8.16.